The Hall–Kier alpha value is -2.25. The largest absolute Gasteiger partial charge is 0.383 e. The number of aromatic nitrogens is 3. The number of para-hydroxylation sites is 1. The van der Waals surface area contributed by atoms with Crippen LogP contribution in [-0.4, -0.2) is 27.8 Å². The predicted octanol–water partition coefficient (Wildman–Crippen LogP) is 2.87. The van der Waals surface area contributed by atoms with Crippen molar-refractivity contribution in [3.05, 3.63) is 51.9 Å². The van der Waals surface area contributed by atoms with E-state index < -0.39 is 0 Å². The van der Waals surface area contributed by atoms with E-state index in [0.717, 1.165) is 21.1 Å². The third-order valence-corrected chi connectivity index (χ3v) is 3.72. The zero-order valence-electron chi connectivity index (χ0n) is 11.9. The molecule has 2 aromatic heterocycles. The van der Waals surface area contributed by atoms with Gasteiger partial charge in [0, 0.05) is 28.9 Å². The summed E-state index contributed by atoms with van der Waals surface area (Å²) in [6.45, 7) is 0.468. The zero-order valence-corrected chi connectivity index (χ0v) is 13.4. The van der Waals surface area contributed by atoms with Crippen molar-refractivity contribution in [2.45, 2.75) is 6.61 Å². The maximum atomic E-state index is 8.35. The second-order valence-electron chi connectivity index (χ2n) is 4.79. The number of fused-ring (bicyclic) bond motifs is 1. The van der Waals surface area contributed by atoms with Gasteiger partial charge in [0.15, 0.2) is 5.82 Å². The molecule has 0 radical (unpaired) electrons. The quantitative estimate of drug-likeness (QED) is 0.623. The number of H-pyrrole nitrogens is 1. The summed E-state index contributed by atoms with van der Waals surface area (Å²) in [4.78, 5) is 11.7. The Morgan fingerprint density at radius 3 is 3.05 bits per heavy atom. The number of rotatable bonds is 4. The number of imidazole rings is 1. The fourth-order valence-electron chi connectivity index (χ4n) is 2.26. The van der Waals surface area contributed by atoms with Crippen LogP contribution in [0.4, 0.5) is 5.82 Å². The normalized spacial score (nSPS) is 11.0. The molecule has 0 amide bonds. The van der Waals surface area contributed by atoms with Gasteiger partial charge in [-0.2, -0.15) is 0 Å². The summed E-state index contributed by atoms with van der Waals surface area (Å²) in [6, 6.07) is 7.56. The number of nitrogens with zero attached hydrogens (tertiary/aromatic N) is 2. The molecule has 0 atom stereocenters. The van der Waals surface area contributed by atoms with Crippen LogP contribution in [0.3, 0.4) is 0 Å². The molecule has 2 heterocycles. The molecule has 0 aliphatic rings. The number of nitrogens with one attached hydrogen (secondary N) is 2. The summed E-state index contributed by atoms with van der Waals surface area (Å²) in [5.41, 5.74) is 9.22. The van der Waals surface area contributed by atoms with Gasteiger partial charge in [-0.05, 0) is 28.1 Å². The lowest BCUT2D eigenvalue weighted by molar-refractivity contribution is 0.186. The third-order valence-electron chi connectivity index (χ3n) is 3.29. The van der Waals surface area contributed by atoms with Crippen LogP contribution in [0.2, 0.25) is 0 Å². The number of nitrogens with two attached hydrogens (primary N) is 1. The first-order valence-corrected chi connectivity index (χ1v) is 7.36. The van der Waals surface area contributed by atoms with E-state index in [-0.39, 0.29) is 5.71 Å². The lowest BCUT2D eigenvalue weighted by Crippen LogP contribution is -2.08. The molecule has 0 aliphatic heterocycles. The summed E-state index contributed by atoms with van der Waals surface area (Å²) in [5, 5.41) is 8.35. The van der Waals surface area contributed by atoms with E-state index in [1.165, 1.54) is 0 Å². The molecule has 0 spiro atoms. The van der Waals surface area contributed by atoms with Crippen molar-refractivity contribution in [1.29, 1.82) is 5.41 Å². The first-order valence-electron chi connectivity index (χ1n) is 6.57. The summed E-state index contributed by atoms with van der Waals surface area (Å²) in [7, 11) is 1.64. The number of aromatic amines is 1. The Balaban J connectivity index is 2.08. The monoisotopic (exact) mass is 359 g/mol. The van der Waals surface area contributed by atoms with E-state index in [1.54, 1.807) is 19.4 Å². The van der Waals surface area contributed by atoms with Gasteiger partial charge in [-0.15, -0.1) is 0 Å². The molecule has 0 bridgehead atoms. The summed E-state index contributed by atoms with van der Waals surface area (Å²) in [6.07, 6.45) is 1.60. The number of methoxy groups -OCH3 is 1. The third kappa shape index (κ3) is 2.60. The standard InChI is InChI=1S/C15H14BrN5O/c1-22-7-8-3-2-4-11-13(8)21-15(20-11)12(17)10-5-9(16)6-19-14(10)18/h2-6,17H,7H2,1H3,(H2,18,19)(H,20,21). The summed E-state index contributed by atoms with van der Waals surface area (Å²) in [5.74, 6) is 0.746. The van der Waals surface area contributed by atoms with Gasteiger partial charge in [0.2, 0.25) is 0 Å². The van der Waals surface area contributed by atoms with E-state index in [2.05, 4.69) is 30.9 Å². The lowest BCUT2D eigenvalue weighted by atomic mass is 10.1. The Kier molecular flexibility index (Phi) is 3.91. The Morgan fingerprint density at radius 2 is 2.27 bits per heavy atom. The molecule has 22 heavy (non-hydrogen) atoms. The first-order chi connectivity index (χ1) is 10.6. The minimum absolute atomic E-state index is 0.200. The van der Waals surface area contributed by atoms with Crippen molar-refractivity contribution in [2.75, 3.05) is 12.8 Å². The second kappa shape index (κ2) is 5.86. The fraction of sp³-hybridized carbons (Fsp3) is 0.133. The number of benzene rings is 1. The molecule has 4 N–H and O–H groups in total. The van der Waals surface area contributed by atoms with Gasteiger partial charge in [-0.1, -0.05) is 12.1 Å². The molecule has 1 aromatic carbocycles. The van der Waals surface area contributed by atoms with Gasteiger partial charge in [-0.25, -0.2) is 9.97 Å². The number of anilines is 1. The van der Waals surface area contributed by atoms with E-state index >= 15 is 0 Å². The van der Waals surface area contributed by atoms with Crippen molar-refractivity contribution < 1.29 is 4.74 Å². The molecular weight excluding hydrogens is 346 g/mol. The van der Waals surface area contributed by atoms with E-state index in [9.17, 15) is 0 Å². The number of hydrogen-bond acceptors (Lipinski definition) is 5. The van der Waals surface area contributed by atoms with Crippen LogP contribution >= 0.6 is 15.9 Å². The van der Waals surface area contributed by atoms with Gasteiger partial charge < -0.3 is 15.5 Å². The topological polar surface area (TPSA) is 101 Å². The average molecular weight is 360 g/mol. The fourth-order valence-corrected chi connectivity index (χ4v) is 2.59. The number of hydrogen-bond donors (Lipinski definition) is 3. The molecule has 3 aromatic rings. The Morgan fingerprint density at radius 1 is 1.45 bits per heavy atom. The van der Waals surface area contributed by atoms with E-state index in [4.69, 9.17) is 15.9 Å². The van der Waals surface area contributed by atoms with Crippen molar-refractivity contribution in [3.63, 3.8) is 0 Å². The van der Waals surface area contributed by atoms with Crippen LogP contribution in [0.5, 0.6) is 0 Å². The van der Waals surface area contributed by atoms with Gasteiger partial charge in [0.25, 0.3) is 0 Å². The summed E-state index contributed by atoms with van der Waals surface area (Å²) >= 11 is 3.34. The molecule has 0 saturated carbocycles. The number of pyridine rings is 1. The van der Waals surface area contributed by atoms with Crippen molar-refractivity contribution in [3.8, 4) is 0 Å². The van der Waals surface area contributed by atoms with Gasteiger partial charge >= 0.3 is 0 Å². The van der Waals surface area contributed by atoms with Gasteiger partial charge in [-0.3, -0.25) is 5.41 Å². The van der Waals surface area contributed by atoms with Crippen molar-refractivity contribution in [2.24, 2.45) is 0 Å². The van der Waals surface area contributed by atoms with Crippen LogP contribution in [0.1, 0.15) is 17.0 Å². The highest BCUT2D eigenvalue weighted by molar-refractivity contribution is 9.10. The van der Waals surface area contributed by atoms with Gasteiger partial charge in [0.1, 0.15) is 11.5 Å². The molecule has 0 fully saturated rings. The predicted molar refractivity (Wildman–Crippen MR) is 89.1 cm³/mol. The highest BCUT2D eigenvalue weighted by Gasteiger charge is 2.15. The maximum Gasteiger partial charge on any atom is 0.157 e. The van der Waals surface area contributed by atoms with Crippen molar-refractivity contribution >= 4 is 38.5 Å². The molecule has 0 unspecified atom stereocenters. The van der Waals surface area contributed by atoms with Crippen LogP contribution in [0.15, 0.2) is 34.9 Å². The smallest absolute Gasteiger partial charge is 0.157 e. The van der Waals surface area contributed by atoms with Gasteiger partial charge in [0.05, 0.1) is 17.6 Å². The second-order valence-corrected chi connectivity index (χ2v) is 5.71. The number of ether oxygens (including phenoxy) is 1. The lowest BCUT2D eigenvalue weighted by Gasteiger charge is -2.04. The molecule has 112 valence electrons. The maximum absolute atomic E-state index is 8.35. The SMILES string of the molecule is COCc1cccc2[nH]c(C(=N)c3cc(Br)cnc3N)nc12. The molecule has 6 nitrogen and oxygen atoms in total. The van der Waals surface area contributed by atoms with Crippen LogP contribution in [-0.2, 0) is 11.3 Å². The molecular formula is C15H14BrN5O. The number of halogens is 1. The Labute approximate surface area is 135 Å². The molecule has 0 saturated heterocycles. The highest BCUT2D eigenvalue weighted by Crippen LogP contribution is 2.21. The first kappa shape index (κ1) is 14.7. The van der Waals surface area contributed by atoms with Crippen LogP contribution in [0, 0.1) is 5.41 Å². The number of nitrogen functional groups attached to an aromatic ring is 1. The zero-order chi connectivity index (χ0) is 15.7. The van der Waals surface area contributed by atoms with Crippen molar-refractivity contribution in [1.82, 2.24) is 15.0 Å². The molecule has 3 rings (SSSR count). The minimum atomic E-state index is 0.200. The summed E-state index contributed by atoms with van der Waals surface area (Å²) < 4.78 is 5.94. The highest BCUT2D eigenvalue weighted by atomic mass is 79.9. The van der Waals surface area contributed by atoms with Crippen LogP contribution in [0.25, 0.3) is 11.0 Å². The molecule has 0 aliphatic carbocycles. The molecule has 7 heteroatoms. The van der Waals surface area contributed by atoms with E-state index in [0.29, 0.717) is 23.8 Å². The van der Waals surface area contributed by atoms with Crippen LogP contribution < -0.4 is 5.73 Å². The van der Waals surface area contributed by atoms with E-state index in [1.807, 2.05) is 18.2 Å². The Bertz CT molecular complexity index is 858. The minimum Gasteiger partial charge on any atom is -0.383 e. The average Bonchev–Trinajstić information content (AvgIpc) is 2.94.